The summed E-state index contributed by atoms with van der Waals surface area (Å²) >= 11 is 3.33. The molecule has 0 N–H and O–H groups in total. The number of ether oxygens (including phenoxy) is 2. The molecule has 2 aromatic carbocycles. The highest BCUT2D eigenvalue weighted by molar-refractivity contribution is 9.10. The lowest BCUT2D eigenvalue weighted by molar-refractivity contribution is -0.434. The maximum Gasteiger partial charge on any atom is 0.291 e. The van der Waals surface area contributed by atoms with Gasteiger partial charge in [0.15, 0.2) is 11.5 Å². The SMILES string of the molecule is COc1cc(Br)cc2c1OC(c1ccc(F)cc1)C([N+](=O)[O-])=C2. The van der Waals surface area contributed by atoms with Gasteiger partial charge in [-0.1, -0.05) is 28.1 Å². The molecule has 1 aliphatic heterocycles. The Kier molecular flexibility index (Phi) is 4.04. The molecule has 0 bridgehead atoms. The van der Waals surface area contributed by atoms with E-state index < -0.39 is 16.8 Å². The van der Waals surface area contributed by atoms with Gasteiger partial charge in [0.25, 0.3) is 5.70 Å². The van der Waals surface area contributed by atoms with Crippen LogP contribution in [0, 0.1) is 15.9 Å². The molecule has 0 spiro atoms. The van der Waals surface area contributed by atoms with Crippen molar-refractivity contribution < 1.29 is 18.8 Å². The Hall–Kier alpha value is -2.41. The van der Waals surface area contributed by atoms with Gasteiger partial charge in [-0.15, -0.1) is 0 Å². The molecule has 5 nitrogen and oxygen atoms in total. The van der Waals surface area contributed by atoms with E-state index in [1.165, 1.54) is 37.5 Å². The molecule has 1 heterocycles. The van der Waals surface area contributed by atoms with E-state index in [1.54, 1.807) is 12.1 Å². The van der Waals surface area contributed by atoms with Gasteiger partial charge in [-0.2, -0.15) is 0 Å². The van der Waals surface area contributed by atoms with Crippen LogP contribution in [0.1, 0.15) is 17.2 Å². The lowest BCUT2D eigenvalue weighted by Crippen LogP contribution is -2.20. The normalized spacial score (nSPS) is 16.1. The molecule has 7 heteroatoms. The third-order valence-electron chi connectivity index (χ3n) is 3.46. The molecule has 0 aliphatic carbocycles. The maximum absolute atomic E-state index is 13.1. The number of hydrogen-bond donors (Lipinski definition) is 0. The van der Waals surface area contributed by atoms with E-state index in [9.17, 15) is 14.5 Å². The highest BCUT2D eigenvalue weighted by Gasteiger charge is 2.34. The van der Waals surface area contributed by atoms with E-state index in [4.69, 9.17) is 9.47 Å². The Labute approximate surface area is 139 Å². The predicted molar refractivity (Wildman–Crippen MR) is 85.4 cm³/mol. The smallest absolute Gasteiger partial charge is 0.291 e. The van der Waals surface area contributed by atoms with Crippen molar-refractivity contribution in [3.8, 4) is 11.5 Å². The minimum Gasteiger partial charge on any atom is -0.493 e. The minimum absolute atomic E-state index is 0.121. The van der Waals surface area contributed by atoms with Crippen LogP contribution in [-0.4, -0.2) is 12.0 Å². The molecule has 0 radical (unpaired) electrons. The summed E-state index contributed by atoms with van der Waals surface area (Å²) in [4.78, 5) is 10.9. The molecule has 3 rings (SSSR count). The number of benzene rings is 2. The van der Waals surface area contributed by atoms with Gasteiger partial charge in [0.1, 0.15) is 5.82 Å². The molecule has 0 amide bonds. The van der Waals surface area contributed by atoms with Gasteiger partial charge < -0.3 is 9.47 Å². The van der Waals surface area contributed by atoms with Crippen LogP contribution in [0.3, 0.4) is 0 Å². The van der Waals surface area contributed by atoms with Gasteiger partial charge in [0.2, 0.25) is 6.10 Å². The van der Waals surface area contributed by atoms with Crippen molar-refractivity contribution in [2.45, 2.75) is 6.10 Å². The van der Waals surface area contributed by atoms with Crippen molar-refractivity contribution in [3.05, 3.63) is 73.6 Å². The van der Waals surface area contributed by atoms with Crippen LogP contribution in [0.15, 0.2) is 46.6 Å². The fraction of sp³-hybridized carbons (Fsp3) is 0.125. The summed E-state index contributed by atoms with van der Waals surface area (Å²) < 4.78 is 24.9. The number of hydrogen-bond acceptors (Lipinski definition) is 4. The van der Waals surface area contributed by atoms with E-state index in [-0.39, 0.29) is 5.70 Å². The van der Waals surface area contributed by atoms with Crippen molar-refractivity contribution in [2.24, 2.45) is 0 Å². The summed E-state index contributed by atoms with van der Waals surface area (Å²) in [5.41, 5.74) is 0.913. The molecule has 0 fully saturated rings. The minimum atomic E-state index is -0.937. The second kappa shape index (κ2) is 6.00. The molecule has 1 aliphatic rings. The average Bonchev–Trinajstić information content (AvgIpc) is 2.53. The molecule has 2 aromatic rings. The number of methoxy groups -OCH3 is 1. The van der Waals surface area contributed by atoms with Crippen molar-refractivity contribution in [1.82, 2.24) is 0 Å². The molecule has 1 atom stereocenters. The average molecular weight is 380 g/mol. The van der Waals surface area contributed by atoms with E-state index in [2.05, 4.69) is 15.9 Å². The summed E-state index contributed by atoms with van der Waals surface area (Å²) in [6, 6.07) is 8.84. The Bertz CT molecular complexity index is 804. The van der Waals surface area contributed by atoms with Crippen LogP contribution in [0.5, 0.6) is 11.5 Å². The predicted octanol–water partition coefficient (Wildman–Crippen LogP) is 4.35. The molecular formula is C16H11BrFNO4. The van der Waals surface area contributed by atoms with Gasteiger partial charge in [-0.25, -0.2) is 4.39 Å². The summed E-state index contributed by atoms with van der Waals surface area (Å²) in [6.45, 7) is 0. The summed E-state index contributed by atoms with van der Waals surface area (Å²) in [6.07, 6.45) is 0.508. The summed E-state index contributed by atoms with van der Waals surface area (Å²) in [5, 5.41) is 11.4. The Balaban J connectivity index is 2.14. The maximum atomic E-state index is 13.1. The second-order valence-electron chi connectivity index (χ2n) is 4.90. The first-order chi connectivity index (χ1) is 11.0. The Morgan fingerprint density at radius 2 is 2.00 bits per heavy atom. The number of halogens is 2. The third kappa shape index (κ3) is 2.92. The largest absolute Gasteiger partial charge is 0.493 e. The van der Waals surface area contributed by atoms with Crippen LogP contribution in [0.4, 0.5) is 4.39 Å². The van der Waals surface area contributed by atoms with Gasteiger partial charge in [-0.3, -0.25) is 10.1 Å². The first-order valence-electron chi connectivity index (χ1n) is 6.65. The van der Waals surface area contributed by atoms with Crippen molar-refractivity contribution in [2.75, 3.05) is 7.11 Å². The molecule has 0 saturated carbocycles. The van der Waals surface area contributed by atoms with Crippen LogP contribution in [-0.2, 0) is 0 Å². The van der Waals surface area contributed by atoms with Gasteiger partial charge >= 0.3 is 0 Å². The zero-order valence-electron chi connectivity index (χ0n) is 12.0. The molecular weight excluding hydrogens is 369 g/mol. The molecule has 0 saturated heterocycles. The van der Waals surface area contributed by atoms with E-state index >= 15 is 0 Å². The van der Waals surface area contributed by atoms with Crippen LogP contribution in [0.25, 0.3) is 6.08 Å². The highest BCUT2D eigenvalue weighted by Crippen LogP contribution is 2.44. The zero-order chi connectivity index (χ0) is 16.6. The molecule has 23 heavy (non-hydrogen) atoms. The topological polar surface area (TPSA) is 61.6 Å². The molecule has 1 unspecified atom stereocenters. The van der Waals surface area contributed by atoms with Crippen LogP contribution < -0.4 is 9.47 Å². The Morgan fingerprint density at radius 1 is 1.30 bits per heavy atom. The molecule has 118 valence electrons. The third-order valence-corrected chi connectivity index (χ3v) is 3.92. The summed E-state index contributed by atoms with van der Waals surface area (Å²) in [7, 11) is 1.49. The van der Waals surface area contributed by atoms with Crippen molar-refractivity contribution in [3.63, 3.8) is 0 Å². The van der Waals surface area contributed by atoms with Crippen LogP contribution >= 0.6 is 15.9 Å². The Morgan fingerprint density at radius 3 is 2.61 bits per heavy atom. The van der Waals surface area contributed by atoms with Gasteiger partial charge in [-0.05, 0) is 24.3 Å². The lowest BCUT2D eigenvalue weighted by Gasteiger charge is -2.24. The molecule has 0 aromatic heterocycles. The second-order valence-corrected chi connectivity index (χ2v) is 5.82. The monoisotopic (exact) mass is 379 g/mol. The van der Waals surface area contributed by atoms with Crippen LogP contribution in [0.2, 0.25) is 0 Å². The van der Waals surface area contributed by atoms with Gasteiger partial charge in [0.05, 0.1) is 12.0 Å². The van der Waals surface area contributed by atoms with E-state index in [1.807, 2.05) is 0 Å². The zero-order valence-corrected chi connectivity index (χ0v) is 13.5. The van der Waals surface area contributed by atoms with E-state index in [0.29, 0.717) is 22.6 Å². The highest BCUT2D eigenvalue weighted by atomic mass is 79.9. The quantitative estimate of drug-likeness (QED) is 0.587. The standard InChI is InChI=1S/C16H11BrFNO4/c1-22-14-8-11(17)6-10-7-13(19(20)21)15(23-16(10)14)9-2-4-12(18)5-3-9/h2-8,15H,1H3. The fourth-order valence-electron chi connectivity index (χ4n) is 2.41. The van der Waals surface area contributed by atoms with Crippen molar-refractivity contribution >= 4 is 22.0 Å². The fourth-order valence-corrected chi connectivity index (χ4v) is 2.87. The lowest BCUT2D eigenvalue weighted by atomic mass is 10.0. The van der Waals surface area contributed by atoms with Gasteiger partial charge in [0, 0.05) is 21.7 Å². The number of rotatable bonds is 3. The first-order valence-corrected chi connectivity index (χ1v) is 7.44. The number of nitro groups is 1. The van der Waals surface area contributed by atoms with E-state index in [0.717, 1.165) is 4.47 Å². The first kappa shape index (κ1) is 15.5. The summed E-state index contributed by atoms with van der Waals surface area (Å²) in [5.74, 6) is 0.453. The number of nitrogens with zero attached hydrogens (tertiary/aromatic N) is 1. The van der Waals surface area contributed by atoms with Crippen molar-refractivity contribution in [1.29, 1.82) is 0 Å². The number of fused-ring (bicyclic) bond motifs is 1.